The lowest BCUT2D eigenvalue weighted by Gasteiger charge is -2.10. The lowest BCUT2D eigenvalue weighted by Crippen LogP contribution is -2.27. The van der Waals surface area contributed by atoms with Gasteiger partial charge in [0, 0.05) is 23.0 Å². The molecule has 3 N–H and O–H groups in total. The first-order chi connectivity index (χ1) is 10.3. The Labute approximate surface area is 127 Å². The van der Waals surface area contributed by atoms with Gasteiger partial charge in [0.2, 0.25) is 5.91 Å². The van der Waals surface area contributed by atoms with Crippen LogP contribution in [0.4, 0.5) is 5.69 Å². The van der Waals surface area contributed by atoms with Gasteiger partial charge in [0.1, 0.15) is 6.33 Å². The Kier molecular flexibility index (Phi) is 4.52. The molecule has 0 radical (unpaired) electrons. The summed E-state index contributed by atoms with van der Waals surface area (Å²) in [7, 11) is 0. The first-order valence-electron chi connectivity index (χ1n) is 6.96. The molecule has 1 aromatic carbocycles. The molecule has 1 atom stereocenters. The lowest BCUT2D eigenvalue weighted by atomic mass is 10.1. The van der Waals surface area contributed by atoms with Crippen LogP contribution < -0.4 is 10.6 Å². The van der Waals surface area contributed by atoms with E-state index in [0.29, 0.717) is 12.5 Å². The fraction of sp³-hybridized carbons (Fsp3) is 0.357. The number of aromatic nitrogens is 3. The van der Waals surface area contributed by atoms with Crippen molar-refractivity contribution in [3.05, 3.63) is 30.6 Å². The Balaban J connectivity index is 1.52. The van der Waals surface area contributed by atoms with Crippen LogP contribution in [-0.4, -0.2) is 33.7 Å². The van der Waals surface area contributed by atoms with Crippen LogP contribution in [0.25, 0.3) is 0 Å². The van der Waals surface area contributed by atoms with Crippen molar-refractivity contribution in [2.45, 2.75) is 35.4 Å². The molecule has 1 aliphatic rings. The highest BCUT2D eigenvalue weighted by Gasteiger charge is 2.17. The fourth-order valence-corrected chi connectivity index (χ4v) is 3.02. The molecule has 2 heterocycles. The Morgan fingerprint density at radius 2 is 2.24 bits per heavy atom. The molecule has 21 heavy (non-hydrogen) atoms. The summed E-state index contributed by atoms with van der Waals surface area (Å²) in [6.07, 6.45) is 4.26. The van der Waals surface area contributed by atoms with E-state index in [-0.39, 0.29) is 5.91 Å². The van der Waals surface area contributed by atoms with E-state index >= 15 is 0 Å². The predicted octanol–water partition coefficient (Wildman–Crippen LogP) is 2.04. The number of amides is 1. The van der Waals surface area contributed by atoms with E-state index in [1.165, 1.54) is 18.1 Å². The minimum absolute atomic E-state index is 0.0602. The summed E-state index contributed by atoms with van der Waals surface area (Å²) in [5, 5.41) is 13.6. The number of carbonyl (C=O) groups excluding carboxylic acids is 1. The second kappa shape index (κ2) is 6.73. The standard InChI is InChI=1S/C14H17N5OS/c20-13(8-11-2-1-7-15-11)18-10-3-5-12(6-4-10)21-14-16-9-17-19-14/h3-6,9,11,15H,1-2,7-8H2,(H,18,20)(H,16,17,19). The second-order valence-electron chi connectivity index (χ2n) is 4.96. The molecule has 3 rings (SSSR count). The maximum absolute atomic E-state index is 11.9. The van der Waals surface area contributed by atoms with Gasteiger partial charge in [0.25, 0.3) is 0 Å². The number of H-pyrrole nitrogens is 1. The van der Waals surface area contributed by atoms with Crippen molar-refractivity contribution < 1.29 is 4.79 Å². The van der Waals surface area contributed by atoms with Gasteiger partial charge < -0.3 is 10.6 Å². The summed E-state index contributed by atoms with van der Waals surface area (Å²) >= 11 is 1.50. The van der Waals surface area contributed by atoms with Gasteiger partial charge in [0.15, 0.2) is 5.16 Å². The molecule has 0 spiro atoms. The third-order valence-corrected chi connectivity index (χ3v) is 4.24. The second-order valence-corrected chi connectivity index (χ2v) is 6.02. The van der Waals surface area contributed by atoms with Crippen LogP contribution in [0.15, 0.2) is 40.6 Å². The number of benzene rings is 1. The van der Waals surface area contributed by atoms with Gasteiger partial charge in [-0.25, -0.2) is 4.98 Å². The van der Waals surface area contributed by atoms with Crippen LogP contribution in [0.3, 0.4) is 0 Å². The Morgan fingerprint density at radius 1 is 1.38 bits per heavy atom. The van der Waals surface area contributed by atoms with E-state index in [4.69, 9.17) is 0 Å². The van der Waals surface area contributed by atoms with Crippen LogP contribution in [0, 0.1) is 0 Å². The van der Waals surface area contributed by atoms with Gasteiger partial charge >= 0.3 is 0 Å². The number of aromatic amines is 1. The number of rotatable bonds is 5. The van der Waals surface area contributed by atoms with Crippen LogP contribution in [0.5, 0.6) is 0 Å². The van der Waals surface area contributed by atoms with E-state index in [2.05, 4.69) is 25.8 Å². The van der Waals surface area contributed by atoms with E-state index in [9.17, 15) is 4.79 Å². The summed E-state index contributed by atoms with van der Waals surface area (Å²) in [6.45, 7) is 1.02. The summed E-state index contributed by atoms with van der Waals surface area (Å²) < 4.78 is 0. The Morgan fingerprint density at radius 3 is 2.90 bits per heavy atom. The van der Waals surface area contributed by atoms with Gasteiger partial charge in [-0.15, -0.1) is 0 Å². The average Bonchev–Trinajstić information content (AvgIpc) is 3.14. The van der Waals surface area contributed by atoms with Gasteiger partial charge in [0.05, 0.1) is 0 Å². The molecule has 1 saturated heterocycles. The van der Waals surface area contributed by atoms with Gasteiger partial charge in [-0.1, -0.05) is 11.8 Å². The molecule has 0 bridgehead atoms. The molecule has 1 unspecified atom stereocenters. The molecule has 2 aromatic rings. The summed E-state index contributed by atoms with van der Waals surface area (Å²) in [6, 6.07) is 8.04. The zero-order valence-corrected chi connectivity index (χ0v) is 12.3. The highest BCUT2D eigenvalue weighted by atomic mass is 32.2. The first-order valence-corrected chi connectivity index (χ1v) is 7.78. The highest BCUT2D eigenvalue weighted by molar-refractivity contribution is 7.99. The minimum atomic E-state index is 0.0602. The molecular formula is C14H17N5OS. The number of carbonyl (C=O) groups is 1. The largest absolute Gasteiger partial charge is 0.326 e. The SMILES string of the molecule is O=C(CC1CCCN1)Nc1ccc(Sc2ncn[nH]2)cc1. The maximum Gasteiger partial charge on any atom is 0.225 e. The topological polar surface area (TPSA) is 82.7 Å². The number of hydrogen-bond donors (Lipinski definition) is 3. The molecule has 0 saturated carbocycles. The molecule has 1 amide bonds. The highest BCUT2D eigenvalue weighted by Crippen LogP contribution is 2.25. The molecule has 1 fully saturated rings. The molecule has 1 aliphatic heterocycles. The third kappa shape index (κ3) is 4.05. The molecule has 110 valence electrons. The summed E-state index contributed by atoms with van der Waals surface area (Å²) in [5.74, 6) is 0.0602. The van der Waals surface area contributed by atoms with E-state index in [1.807, 2.05) is 24.3 Å². The monoisotopic (exact) mass is 303 g/mol. The van der Waals surface area contributed by atoms with E-state index in [0.717, 1.165) is 35.1 Å². The van der Waals surface area contributed by atoms with Crippen molar-refractivity contribution in [1.29, 1.82) is 0 Å². The van der Waals surface area contributed by atoms with E-state index in [1.54, 1.807) is 0 Å². The lowest BCUT2D eigenvalue weighted by molar-refractivity contribution is -0.116. The van der Waals surface area contributed by atoms with Crippen molar-refractivity contribution >= 4 is 23.4 Å². The smallest absolute Gasteiger partial charge is 0.225 e. The van der Waals surface area contributed by atoms with Gasteiger partial charge in [-0.05, 0) is 43.7 Å². The first kappa shape index (κ1) is 14.1. The van der Waals surface area contributed by atoms with Crippen LogP contribution in [-0.2, 0) is 4.79 Å². The number of nitrogens with zero attached hydrogens (tertiary/aromatic N) is 2. The molecule has 7 heteroatoms. The average molecular weight is 303 g/mol. The molecule has 0 aliphatic carbocycles. The normalized spacial score (nSPS) is 17.8. The Bertz CT molecular complexity index is 578. The number of anilines is 1. The van der Waals surface area contributed by atoms with Crippen molar-refractivity contribution in [3.63, 3.8) is 0 Å². The van der Waals surface area contributed by atoms with Crippen LogP contribution in [0.1, 0.15) is 19.3 Å². The van der Waals surface area contributed by atoms with Crippen molar-refractivity contribution in [3.8, 4) is 0 Å². The number of hydrogen-bond acceptors (Lipinski definition) is 5. The van der Waals surface area contributed by atoms with Crippen molar-refractivity contribution in [1.82, 2.24) is 20.5 Å². The molecule has 6 nitrogen and oxygen atoms in total. The van der Waals surface area contributed by atoms with Gasteiger partial charge in [-0.2, -0.15) is 5.10 Å². The Hall–Kier alpha value is -1.86. The van der Waals surface area contributed by atoms with Crippen molar-refractivity contribution in [2.24, 2.45) is 0 Å². The summed E-state index contributed by atoms with van der Waals surface area (Å²) in [5.41, 5.74) is 0.819. The zero-order chi connectivity index (χ0) is 14.5. The summed E-state index contributed by atoms with van der Waals surface area (Å²) in [4.78, 5) is 17.0. The third-order valence-electron chi connectivity index (χ3n) is 3.34. The number of nitrogens with one attached hydrogen (secondary N) is 3. The predicted molar refractivity (Wildman–Crippen MR) is 81.2 cm³/mol. The fourth-order valence-electron chi connectivity index (χ4n) is 2.33. The van der Waals surface area contributed by atoms with Gasteiger partial charge in [-0.3, -0.25) is 9.89 Å². The quantitative estimate of drug-likeness (QED) is 0.787. The van der Waals surface area contributed by atoms with E-state index < -0.39 is 0 Å². The molecule has 1 aromatic heterocycles. The zero-order valence-electron chi connectivity index (χ0n) is 11.5. The van der Waals surface area contributed by atoms with Crippen LogP contribution >= 0.6 is 11.8 Å². The van der Waals surface area contributed by atoms with Crippen molar-refractivity contribution in [2.75, 3.05) is 11.9 Å². The molecular weight excluding hydrogens is 286 g/mol. The minimum Gasteiger partial charge on any atom is -0.326 e. The van der Waals surface area contributed by atoms with Crippen LogP contribution in [0.2, 0.25) is 0 Å². The maximum atomic E-state index is 11.9.